The van der Waals surface area contributed by atoms with Crippen LogP contribution < -0.4 is 0 Å². The zero-order valence-corrected chi connectivity index (χ0v) is 11.8. The highest BCUT2D eigenvalue weighted by molar-refractivity contribution is 6.35. The van der Waals surface area contributed by atoms with Gasteiger partial charge in [0, 0.05) is 22.8 Å². The summed E-state index contributed by atoms with van der Waals surface area (Å²) in [7, 11) is 0. The van der Waals surface area contributed by atoms with Gasteiger partial charge in [-0.2, -0.15) is 5.10 Å². The number of benzene rings is 1. The van der Waals surface area contributed by atoms with E-state index in [0.29, 0.717) is 15.7 Å². The first-order valence-corrected chi connectivity index (χ1v) is 6.56. The van der Waals surface area contributed by atoms with Gasteiger partial charge in [-0.3, -0.25) is 9.48 Å². The first kappa shape index (κ1) is 13.8. The zero-order chi connectivity index (χ0) is 13.8. The Bertz CT molecular complexity index is 632. The number of rotatable bonds is 4. The molecule has 0 aliphatic rings. The third-order valence-electron chi connectivity index (χ3n) is 2.59. The van der Waals surface area contributed by atoms with E-state index in [0.717, 1.165) is 12.1 Å². The summed E-state index contributed by atoms with van der Waals surface area (Å²) < 4.78 is 1.70. The molecule has 0 aliphatic heterocycles. The molecule has 0 atom stereocenters. The first-order chi connectivity index (χ1) is 9.10. The topological polar surface area (TPSA) is 34.9 Å². The molecule has 0 fully saturated rings. The molecule has 1 aromatic heterocycles. The number of aryl methyl sites for hydroxylation is 1. The van der Waals surface area contributed by atoms with Crippen LogP contribution in [-0.2, 0) is 6.54 Å². The Morgan fingerprint density at radius 1 is 1.37 bits per heavy atom. The average Bonchev–Trinajstić information content (AvgIpc) is 2.86. The van der Waals surface area contributed by atoms with Crippen molar-refractivity contribution in [3.63, 3.8) is 0 Å². The quantitative estimate of drug-likeness (QED) is 0.628. The third-order valence-corrected chi connectivity index (χ3v) is 3.16. The van der Waals surface area contributed by atoms with E-state index in [1.54, 1.807) is 41.2 Å². The molecule has 2 aromatic rings. The Labute approximate surface area is 121 Å². The second-order valence-electron chi connectivity index (χ2n) is 3.92. The summed E-state index contributed by atoms with van der Waals surface area (Å²) in [6.07, 6.45) is 4.89. The van der Waals surface area contributed by atoms with Crippen LogP contribution in [-0.4, -0.2) is 15.6 Å². The summed E-state index contributed by atoms with van der Waals surface area (Å²) in [5.74, 6) is -0.154. The smallest absolute Gasteiger partial charge is 0.206 e. The van der Waals surface area contributed by atoms with E-state index in [1.807, 2.05) is 6.92 Å². The van der Waals surface area contributed by atoms with Gasteiger partial charge in [-0.25, -0.2) is 0 Å². The van der Waals surface area contributed by atoms with Crippen molar-refractivity contribution in [1.82, 2.24) is 9.78 Å². The molecule has 1 heterocycles. The summed E-state index contributed by atoms with van der Waals surface area (Å²) in [6.45, 7) is 2.70. The van der Waals surface area contributed by atoms with Crippen LogP contribution in [0.2, 0.25) is 10.0 Å². The fourth-order valence-electron chi connectivity index (χ4n) is 1.56. The van der Waals surface area contributed by atoms with E-state index in [2.05, 4.69) is 5.10 Å². The van der Waals surface area contributed by atoms with Crippen molar-refractivity contribution in [2.75, 3.05) is 0 Å². The first-order valence-electron chi connectivity index (χ1n) is 5.81. The summed E-state index contributed by atoms with van der Waals surface area (Å²) in [5, 5.41) is 5.21. The maximum absolute atomic E-state index is 11.9. The van der Waals surface area contributed by atoms with E-state index in [4.69, 9.17) is 23.2 Å². The fourth-order valence-corrected chi connectivity index (χ4v) is 2.03. The SMILES string of the molecule is CCn1ccc(C(=O)/C=C/c2ccc(Cl)cc2Cl)n1. The summed E-state index contributed by atoms with van der Waals surface area (Å²) in [4.78, 5) is 11.9. The molecule has 0 bridgehead atoms. The molecule has 5 heteroatoms. The van der Waals surface area contributed by atoms with E-state index >= 15 is 0 Å². The van der Waals surface area contributed by atoms with E-state index < -0.39 is 0 Å². The molecular formula is C14H12Cl2N2O. The second-order valence-corrected chi connectivity index (χ2v) is 4.76. The highest BCUT2D eigenvalue weighted by Crippen LogP contribution is 2.22. The number of hydrogen-bond acceptors (Lipinski definition) is 2. The number of nitrogens with zero attached hydrogens (tertiary/aromatic N) is 2. The highest BCUT2D eigenvalue weighted by atomic mass is 35.5. The van der Waals surface area contributed by atoms with Crippen LogP contribution in [0.25, 0.3) is 6.08 Å². The third kappa shape index (κ3) is 3.46. The largest absolute Gasteiger partial charge is 0.287 e. The zero-order valence-electron chi connectivity index (χ0n) is 10.3. The minimum absolute atomic E-state index is 0.154. The molecule has 0 radical (unpaired) electrons. The lowest BCUT2D eigenvalue weighted by atomic mass is 10.2. The lowest BCUT2D eigenvalue weighted by Crippen LogP contribution is -1.99. The molecule has 0 spiro atoms. The Balaban J connectivity index is 2.15. The number of halogens is 2. The predicted molar refractivity (Wildman–Crippen MR) is 77.7 cm³/mol. The van der Waals surface area contributed by atoms with E-state index in [1.165, 1.54) is 6.08 Å². The van der Waals surface area contributed by atoms with Crippen molar-refractivity contribution in [3.8, 4) is 0 Å². The number of ketones is 1. The molecule has 0 amide bonds. The van der Waals surface area contributed by atoms with Crippen LogP contribution in [0.5, 0.6) is 0 Å². The fraction of sp³-hybridized carbons (Fsp3) is 0.143. The van der Waals surface area contributed by atoms with Crippen molar-refractivity contribution >= 4 is 35.1 Å². The highest BCUT2D eigenvalue weighted by Gasteiger charge is 2.06. The molecule has 0 saturated heterocycles. The standard InChI is InChI=1S/C14H12Cl2N2O/c1-2-18-8-7-13(17-18)14(19)6-4-10-3-5-11(15)9-12(10)16/h3-9H,2H2,1H3/b6-4+. The molecular weight excluding hydrogens is 283 g/mol. The Kier molecular flexibility index (Phi) is 4.40. The molecule has 0 saturated carbocycles. The van der Waals surface area contributed by atoms with E-state index in [-0.39, 0.29) is 5.78 Å². The van der Waals surface area contributed by atoms with Crippen LogP contribution in [0.3, 0.4) is 0 Å². The van der Waals surface area contributed by atoms with Gasteiger partial charge in [0.1, 0.15) is 5.69 Å². The van der Waals surface area contributed by atoms with Crippen molar-refractivity contribution in [3.05, 3.63) is 57.8 Å². The number of allylic oxidation sites excluding steroid dienone is 1. The van der Waals surface area contributed by atoms with Crippen LogP contribution in [0, 0.1) is 0 Å². The minimum atomic E-state index is -0.154. The molecule has 0 unspecified atom stereocenters. The number of aromatic nitrogens is 2. The summed E-state index contributed by atoms with van der Waals surface area (Å²) >= 11 is 11.8. The van der Waals surface area contributed by atoms with Gasteiger partial charge in [-0.1, -0.05) is 29.3 Å². The lowest BCUT2D eigenvalue weighted by Gasteiger charge is -1.98. The molecule has 2 rings (SSSR count). The van der Waals surface area contributed by atoms with Gasteiger partial charge < -0.3 is 0 Å². The monoisotopic (exact) mass is 294 g/mol. The van der Waals surface area contributed by atoms with Crippen LogP contribution in [0.4, 0.5) is 0 Å². The van der Waals surface area contributed by atoms with Gasteiger partial charge in [-0.15, -0.1) is 0 Å². The summed E-state index contributed by atoms with van der Waals surface area (Å²) in [5.41, 5.74) is 1.16. The molecule has 19 heavy (non-hydrogen) atoms. The van der Waals surface area contributed by atoms with E-state index in [9.17, 15) is 4.79 Å². The van der Waals surface area contributed by atoms with Gasteiger partial charge >= 0.3 is 0 Å². The maximum Gasteiger partial charge on any atom is 0.206 e. The van der Waals surface area contributed by atoms with Gasteiger partial charge in [-0.05, 0) is 42.8 Å². The van der Waals surface area contributed by atoms with Crippen molar-refractivity contribution in [2.24, 2.45) is 0 Å². The van der Waals surface area contributed by atoms with Gasteiger partial charge in [0.05, 0.1) is 0 Å². The minimum Gasteiger partial charge on any atom is -0.287 e. The number of carbonyl (C=O) groups is 1. The van der Waals surface area contributed by atoms with Crippen molar-refractivity contribution in [1.29, 1.82) is 0 Å². The van der Waals surface area contributed by atoms with Crippen molar-refractivity contribution in [2.45, 2.75) is 13.5 Å². The predicted octanol–water partition coefficient (Wildman–Crippen LogP) is 4.11. The average molecular weight is 295 g/mol. The molecule has 3 nitrogen and oxygen atoms in total. The molecule has 0 aliphatic carbocycles. The molecule has 98 valence electrons. The van der Waals surface area contributed by atoms with Gasteiger partial charge in [0.2, 0.25) is 5.78 Å². The number of carbonyl (C=O) groups excluding carboxylic acids is 1. The van der Waals surface area contributed by atoms with Crippen LogP contribution in [0.15, 0.2) is 36.5 Å². The number of hydrogen-bond donors (Lipinski definition) is 0. The van der Waals surface area contributed by atoms with Crippen LogP contribution in [0.1, 0.15) is 23.0 Å². The van der Waals surface area contributed by atoms with Gasteiger partial charge in [0.25, 0.3) is 0 Å². The lowest BCUT2D eigenvalue weighted by molar-refractivity contribution is 0.104. The normalized spacial score (nSPS) is 11.1. The Morgan fingerprint density at radius 2 is 2.16 bits per heavy atom. The maximum atomic E-state index is 11.9. The van der Waals surface area contributed by atoms with Crippen LogP contribution >= 0.6 is 23.2 Å². The Hall–Kier alpha value is -1.58. The molecule has 1 aromatic carbocycles. The summed E-state index contributed by atoms with van der Waals surface area (Å²) in [6, 6.07) is 6.82. The molecule has 0 N–H and O–H groups in total. The van der Waals surface area contributed by atoms with Gasteiger partial charge in [0.15, 0.2) is 0 Å². The van der Waals surface area contributed by atoms with Crippen molar-refractivity contribution < 1.29 is 4.79 Å². The second kappa shape index (κ2) is 6.04. The Morgan fingerprint density at radius 3 is 2.79 bits per heavy atom.